The highest BCUT2D eigenvalue weighted by molar-refractivity contribution is 6.00. The molecule has 646 valence electrons. The summed E-state index contributed by atoms with van der Waals surface area (Å²) in [5, 5.41) is 54.5. The zero-order chi connectivity index (χ0) is 87.3. The van der Waals surface area contributed by atoms with E-state index in [9.17, 15) is 86.9 Å². The molecule has 115 heavy (non-hydrogen) atoms. The lowest BCUT2D eigenvalue weighted by Crippen LogP contribution is -2.61. The van der Waals surface area contributed by atoms with Crippen molar-refractivity contribution < 1.29 is 86.9 Å². The number of carboxylic acid groups (broad SMARTS) is 1. The highest BCUT2D eigenvalue weighted by atomic mass is 16.4. The highest BCUT2D eigenvalue weighted by Gasteiger charge is 2.39. The van der Waals surface area contributed by atoms with Crippen LogP contribution in [0.1, 0.15) is 186 Å². The minimum atomic E-state index is -1.65. The normalized spacial score (nSPS) is 15.3. The Balaban J connectivity index is 2.48. The number of guanidine groups is 1. The number of aliphatic carboxylic acids is 1. The number of hydrogen-bond donors (Lipinski definition) is 22. The van der Waals surface area contributed by atoms with E-state index in [1.54, 1.807) is 99.7 Å². The van der Waals surface area contributed by atoms with Crippen LogP contribution >= 0.6 is 0 Å². The minimum absolute atomic E-state index is 0.00276. The predicted molar refractivity (Wildman–Crippen MR) is 428 cm³/mol. The molecule has 28 N–H and O–H groups in total. The number of fused-ring (bicyclic) bond motifs is 1. The standard InChI is InChI=1S/C76H129N21O18/c1-15-42(12)61(94-58(101)36-85-65(104)54(34-45-35-84-48-22-17-16-21-46(45)48)92-71(110)60(41(10)11)96-74(113)62(44(14)98)97-64(103)47(78)31-37(2)3)73(112)90-49(23-18-19-29-77)67(106)88-52(26-28-57(80)100)68(107)91-53(32-38(4)5)70(109)89-51(25-27-56(79)99)66(105)86-43(13)63(102)87-50(24-20-30-83-76(81)82)69(108)95-59(40(8)9)72(111)93-55(75(114)115)33-39(6)7/h16-17,21-22,35,37-44,47,49-55,59-62,84,98H,15,18-20,23-34,36,77-78H2,1-14H3,(H2,79,99)(H2,80,100)(H,85,104)(H,86,105)(H,87,102)(H,88,106)(H,89,109)(H,90,112)(H,91,107)(H,92,110)(H,93,111)(H,94,101)(H,95,108)(H,96,113)(H,97,103)(H,114,115)(H4,81,82,83)/t42-,43-,44+,47-,49-,50-,51-,52-,53-,54-,55-,59-,60-,61-,62-/m0/s1. The van der Waals surface area contributed by atoms with Gasteiger partial charge in [-0.3, -0.25) is 76.9 Å². The second kappa shape index (κ2) is 50.6. The Bertz CT molecular complexity index is 3640. The molecular formula is C76H129N21O18. The number of para-hydroxylation sites is 1. The first-order chi connectivity index (χ1) is 53.8. The summed E-state index contributed by atoms with van der Waals surface area (Å²) in [6.45, 7) is 22.4. The Kier molecular flexibility index (Phi) is 44.2. The van der Waals surface area contributed by atoms with Gasteiger partial charge < -0.3 is 119 Å². The maximum Gasteiger partial charge on any atom is 0.326 e. The van der Waals surface area contributed by atoms with E-state index in [1.807, 2.05) is 13.8 Å². The molecule has 0 spiro atoms. The Morgan fingerprint density at radius 2 is 0.878 bits per heavy atom. The number of amides is 15. The zero-order valence-corrected chi connectivity index (χ0v) is 68.8. The van der Waals surface area contributed by atoms with Crippen molar-refractivity contribution in [3.8, 4) is 0 Å². The fourth-order valence-electron chi connectivity index (χ4n) is 12.1. The number of unbranched alkanes of at least 4 members (excludes halogenated alkanes) is 1. The molecule has 0 aliphatic carbocycles. The predicted octanol–water partition coefficient (Wildman–Crippen LogP) is -3.33. The van der Waals surface area contributed by atoms with Crippen LogP contribution in [0.3, 0.4) is 0 Å². The van der Waals surface area contributed by atoms with Crippen molar-refractivity contribution in [3.05, 3.63) is 36.0 Å². The number of carbonyl (C=O) groups excluding carboxylic acids is 15. The van der Waals surface area contributed by atoms with Crippen molar-refractivity contribution in [2.24, 2.45) is 74.9 Å². The summed E-state index contributed by atoms with van der Waals surface area (Å²) < 4.78 is 0. The summed E-state index contributed by atoms with van der Waals surface area (Å²) in [4.78, 5) is 227. The molecule has 0 bridgehead atoms. The van der Waals surface area contributed by atoms with Crippen molar-refractivity contribution in [1.29, 1.82) is 0 Å². The third kappa shape index (κ3) is 36.6. The number of benzene rings is 1. The molecule has 1 heterocycles. The molecule has 1 aromatic heterocycles. The number of rotatable bonds is 54. The number of aliphatic hydroxyl groups is 1. The lowest BCUT2D eigenvalue weighted by Gasteiger charge is -2.29. The van der Waals surface area contributed by atoms with E-state index in [2.05, 4.69) is 79.1 Å². The fourth-order valence-corrected chi connectivity index (χ4v) is 12.1. The van der Waals surface area contributed by atoms with Crippen molar-refractivity contribution in [1.82, 2.24) is 74.1 Å². The van der Waals surface area contributed by atoms with Gasteiger partial charge in [0.25, 0.3) is 0 Å². The van der Waals surface area contributed by atoms with Crippen molar-refractivity contribution in [2.75, 3.05) is 19.6 Å². The number of carbonyl (C=O) groups is 16. The van der Waals surface area contributed by atoms with E-state index in [-0.39, 0.29) is 94.6 Å². The molecule has 15 atom stereocenters. The summed E-state index contributed by atoms with van der Waals surface area (Å²) in [5.74, 6) is -17.4. The highest BCUT2D eigenvalue weighted by Crippen LogP contribution is 2.21. The lowest BCUT2D eigenvalue weighted by atomic mass is 9.97. The topological polar surface area (TPSA) is 654 Å². The van der Waals surface area contributed by atoms with Gasteiger partial charge in [0, 0.05) is 42.9 Å². The number of primary amides is 2. The number of aliphatic hydroxyl groups excluding tert-OH is 1. The number of nitrogens with zero attached hydrogens (tertiary/aromatic N) is 1. The number of carboxylic acids is 1. The van der Waals surface area contributed by atoms with Crippen LogP contribution in [-0.2, 0) is 83.1 Å². The molecular weight excluding hydrogens is 1490 g/mol. The number of aromatic nitrogens is 1. The summed E-state index contributed by atoms with van der Waals surface area (Å²) in [6.07, 6.45) is -0.828. The van der Waals surface area contributed by atoms with Gasteiger partial charge in [0.2, 0.25) is 88.6 Å². The quantitative estimate of drug-likeness (QED) is 0.0175. The Labute approximate surface area is 671 Å². The average Bonchev–Trinajstić information content (AvgIpc) is 1.66. The molecule has 2 aromatic rings. The fraction of sp³-hybridized carbons (Fsp3) is 0.671. The van der Waals surface area contributed by atoms with Gasteiger partial charge in [-0.2, -0.15) is 0 Å². The average molecular weight is 1620 g/mol. The zero-order valence-electron chi connectivity index (χ0n) is 68.8. The van der Waals surface area contributed by atoms with Crippen LogP contribution in [0.25, 0.3) is 10.9 Å². The molecule has 15 amide bonds. The van der Waals surface area contributed by atoms with Crippen LogP contribution in [0.2, 0.25) is 0 Å². The molecule has 39 heteroatoms. The first-order valence-electron chi connectivity index (χ1n) is 39.3. The van der Waals surface area contributed by atoms with E-state index in [0.717, 1.165) is 0 Å². The maximum absolute atomic E-state index is 14.6. The van der Waals surface area contributed by atoms with Gasteiger partial charge in [0.05, 0.1) is 18.7 Å². The number of hydrogen-bond acceptors (Lipinski definition) is 20. The molecule has 2 rings (SSSR count). The minimum Gasteiger partial charge on any atom is -0.480 e. The molecule has 0 fully saturated rings. The molecule has 39 nitrogen and oxygen atoms in total. The monoisotopic (exact) mass is 1620 g/mol. The van der Waals surface area contributed by atoms with Crippen LogP contribution in [-0.4, -0.2) is 220 Å². The van der Waals surface area contributed by atoms with Crippen LogP contribution < -0.4 is 104 Å². The van der Waals surface area contributed by atoms with Crippen LogP contribution in [0.4, 0.5) is 0 Å². The first kappa shape index (κ1) is 101. The van der Waals surface area contributed by atoms with Gasteiger partial charge in [0.15, 0.2) is 5.96 Å². The number of nitrogens with two attached hydrogens (primary N) is 6. The number of nitrogens with one attached hydrogen (secondary N) is 14. The largest absolute Gasteiger partial charge is 0.480 e. The van der Waals surface area contributed by atoms with Crippen LogP contribution in [0, 0.1) is 35.5 Å². The molecule has 0 saturated carbocycles. The van der Waals surface area contributed by atoms with E-state index >= 15 is 0 Å². The second-order valence-corrected chi connectivity index (χ2v) is 31.1. The van der Waals surface area contributed by atoms with E-state index in [4.69, 9.17) is 34.4 Å². The summed E-state index contributed by atoms with van der Waals surface area (Å²) >= 11 is 0. The summed E-state index contributed by atoms with van der Waals surface area (Å²) in [5.41, 5.74) is 35.2. The number of H-pyrrole nitrogens is 1. The molecule has 0 aliphatic heterocycles. The smallest absolute Gasteiger partial charge is 0.326 e. The third-order valence-corrected chi connectivity index (χ3v) is 18.8. The van der Waals surface area contributed by atoms with Crippen LogP contribution in [0.5, 0.6) is 0 Å². The van der Waals surface area contributed by atoms with Crippen molar-refractivity contribution >= 4 is 111 Å². The Hall–Kier alpha value is -10.6. The van der Waals surface area contributed by atoms with Gasteiger partial charge in [0.1, 0.15) is 72.5 Å². The van der Waals surface area contributed by atoms with Gasteiger partial charge in [-0.05, 0) is 132 Å². The second-order valence-electron chi connectivity index (χ2n) is 31.1. The maximum atomic E-state index is 14.6. The molecule has 1 aromatic carbocycles. The Morgan fingerprint density at radius 1 is 0.452 bits per heavy atom. The number of aliphatic imine (C=N–C) groups is 1. The third-order valence-electron chi connectivity index (χ3n) is 18.8. The van der Waals surface area contributed by atoms with Crippen LogP contribution in [0.15, 0.2) is 35.5 Å². The van der Waals surface area contributed by atoms with Gasteiger partial charge in [-0.15, -0.1) is 0 Å². The lowest BCUT2D eigenvalue weighted by molar-refractivity contribution is -0.143. The van der Waals surface area contributed by atoms with Gasteiger partial charge in [-0.1, -0.05) is 108 Å². The first-order valence-corrected chi connectivity index (χ1v) is 39.3. The summed E-state index contributed by atoms with van der Waals surface area (Å²) in [6, 6.07) is -11.3. The molecule has 0 unspecified atom stereocenters. The number of aromatic amines is 1. The van der Waals surface area contributed by atoms with E-state index in [0.29, 0.717) is 22.9 Å². The van der Waals surface area contributed by atoms with E-state index < -0.39 is 229 Å². The van der Waals surface area contributed by atoms with Gasteiger partial charge >= 0.3 is 5.97 Å². The van der Waals surface area contributed by atoms with Crippen molar-refractivity contribution in [2.45, 2.75) is 271 Å². The molecule has 0 radical (unpaired) electrons. The molecule has 0 saturated heterocycles. The van der Waals surface area contributed by atoms with Crippen molar-refractivity contribution in [3.63, 3.8) is 0 Å². The Morgan fingerprint density at radius 3 is 1.37 bits per heavy atom. The van der Waals surface area contributed by atoms with Gasteiger partial charge in [-0.25, -0.2) is 4.79 Å². The SMILES string of the molecule is CC[C@H](C)[C@H](NC(=O)CNC(=O)[C@H](Cc1c[nH]c2ccccc12)NC(=O)[C@@H](NC(=O)[C@@H](NC(=O)[C@@H](N)CC(C)C)[C@@H](C)O)C(C)C)C(=O)N[C@@H](CCCCN)C(=O)N[C@@H](CCC(N)=O)C(=O)N[C@@H](CC(C)C)C(=O)N[C@@H](CCC(N)=O)C(=O)N[C@@H](C)C(=O)N[C@@H](CCCN=C(N)N)C(=O)N[C@H](C(=O)N[C@@H](CC(C)C)C(=O)O)C(C)C. The van der Waals surface area contributed by atoms with E-state index in [1.165, 1.54) is 13.8 Å². The molecule has 0 aliphatic rings. The summed E-state index contributed by atoms with van der Waals surface area (Å²) in [7, 11) is 0.